The van der Waals surface area contributed by atoms with Crippen LogP contribution in [0.4, 0.5) is 9.59 Å². The molecule has 0 saturated carbocycles. The minimum Gasteiger partial charge on any atom is -0.493 e. The summed E-state index contributed by atoms with van der Waals surface area (Å²) in [5.41, 5.74) is 1.66. The molecule has 11 nitrogen and oxygen atoms in total. The Kier molecular flexibility index (Phi) is 9.62. The summed E-state index contributed by atoms with van der Waals surface area (Å²) < 4.78 is 16.3. The zero-order chi connectivity index (χ0) is 27.1. The lowest BCUT2D eigenvalue weighted by Crippen LogP contribution is -2.58. The molecule has 2 N–H and O–H groups in total. The fraction of sp³-hybridized carbons (Fsp3) is 0.577. The number of esters is 1. The largest absolute Gasteiger partial charge is 0.493 e. The number of hydrogen-bond acceptors (Lipinski definition) is 7. The molecule has 1 fully saturated rings. The van der Waals surface area contributed by atoms with Crippen LogP contribution in [0.25, 0.3) is 0 Å². The second-order valence-corrected chi connectivity index (χ2v) is 8.94. The Morgan fingerprint density at radius 1 is 1.11 bits per heavy atom. The molecule has 1 aromatic rings. The van der Waals surface area contributed by atoms with Gasteiger partial charge in [0.05, 0.1) is 32.4 Å². The molecular weight excluding hydrogens is 478 g/mol. The van der Waals surface area contributed by atoms with Gasteiger partial charge >= 0.3 is 18.0 Å². The van der Waals surface area contributed by atoms with Crippen LogP contribution in [0.1, 0.15) is 39.3 Å². The van der Waals surface area contributed by atoms with E-state index in [2.05, 4.69) is 15.5 Å². The summed E-state index contributed by atoms with van der Waals surface area (Å²) >= 11 is 0. The summed E-state index contributed by atoms with van der Waals surface area (Å²) in [7, 11) is 3.09. The molecule has 2 aliphatic rings. The van der Waals surface area contributed by atoms with Crippen molar-refractivity contribution in [3.8, 4) is 11.5 Å². The Labute approximate surface area is 218 Å². The number of methoxy groups -OCH3 is 2. The standard InChI is InChI=1S/C26H39N5O6/c1-7-27-25(33)31-13-12-29(15-17(31)4)16-19-22(24(32)37-9-3)23(28-26(34)30(19)8-2)18-10-11-20(35-5)21(14-18)36-6/h10-11,14,17,23H,7-9,12-13,15-16H2,1-6H3,(H,27,33)(H,28,34). The van der Waals surface area contributed by atoms with Crippen LogP contribution >= 0.6 is 0 Å². The Balaban J connectivity index is 2.01. The van der Waals surface area contributed by atoms with Crippen LogP contribution in [0.5, 0.6) is 11.5 Å². The molecule has 204 valence electrons. The lowest BCUT2D eigenvalue weighted by Gasteiger charge is -2.42. The van der Waals surface area contributed by atoms with Gasteiger partial charge in [-0.1, -0.05) is 6.07 Å². The van der Waals surface area contributed by atoms with E-state index in [0.717, 1.165) is 0 Å². The van der Waals surface area contributed by atoms with Gasteiger partial charge in [0.15, 0.2) is 11.5 Å². The molecule has 0 spiro atoms. The second kappa shape index (κ2) is 12.7. The first kappa shape index (κ1) is 28.1. The summed E-state index contributed by atoms with van der Waals surface area (Å²) in [6, 6.07) is 4.19. The minimum absolute atomic E-state index is 0.0268. The summed E-state index contributed by atoms with van der Waals surface area (Å²) in [5, 5.41) is 5.84. The highest BCUT2D eigenvalue weighted by Crippen LogP contribution is 2.36. The summed E-state index contributed by atoms with van der Waals surface area (Å²) in [6.07, 6.45) is 0. The number of carbonyl (C=O) groups excluding carboxylic acids is 3. The molecule has 2 atom stereocenters. The first-order chi connectivity index (χ1) is 17.8. The summed E-state index contributed by atoms with van der Waals surface area (Å²) in [4.78, 5) is 44.6. The first-order valence-electron chi connectivity index (χ1n) is 12.8. The van der Waals surface area contributed by atoms with Crippen molar-refractivity contribution in [2.75, 3.05) is 60.1 Å². The molecular formula is C26H39N5O6. The van der Waals surface area contributed by atoms with E-state index >= 15 is 0 Å². The SMILES string of the molecule is CCNC(=O)N1CCN(CC2=C(C(=O)OCC)C(c3ccc(OC)c(OC)c3)NC(=O)N2CC)CC1C. The normalized spacial score (nSPS) is 20.4. The zero-order valence-corrected chi connectivity index (χ0v) is 22.6. The van der Waals surface area contributed by atoms with Crippen molar-refractivity contribution in [2.45, 2.75) is 39.8 Å². The van der Waals surface area contributed by atoms with Gasteiger partial charge < -0.3 is 29.7 Å². The summed E-state index contributed by atoms with van der Waals surface area (Å²) in [6.45, 7) is 10.8. The molecule has 37 heavy (non-hydrogen) atoms. The third-order valence-electron chi connectivity index (χ3n) is 6.66. The van der Waals surface area contributed by atoms with Crippen LogP contribution in [-0.2, 0) is 9.53 Å². The van der Waals surface area contributed by atoms with Crippen molar-refractivity contribution in [2.24, 2.45) is 0 Å². The van der Waals surface area contributed by atoms with E-state index in [1.165, 1.54) is 7.11 Å². The van der Waals surface area contributed by atoms with Gasteiger partial charge in [-0.05, 0) is 45.4 Å². The highest BCUT2D eigenvalue weighted by atomic mass is 16.5. The number of piperazine rings is 1. The van der Waals surface area contributed by atoms with Crippen LogP contribution in [0.2, 0.25) is 0 Å². The van der Waals surface area contributed by atoms with Crippen molar-refractivity contribution in [1.29, 1.82) is 0 Å². The maximum atomic E-state index is 13.4. The molecule has 1 aromatic carbocycles. The van der Waals surface area contributed by atoms with E-state index in [1.807, 2.05) is 25.7 Å². The highest BCUT2D eigenvalue weighted by molar-refractivity contribution is 5.95. The number of likely N-dealkylation sites (N-methyl/N-ethyl adjacent to an activating group) is 1. The van der Waals surface area contributed by atoms with Crippen LogP contribution in [0, 0.1) is 0 Å². The molecule has 1 saturated heterocycles. The third kappa shape index (κ3) is 6.10. The minimum atomic E-state index is -0.724. The maximum Gasteiger partial charge on any atom is 0.338 e. The van der Waals surface area contributed by atoms with Crippen molar-refractivity contribution in [3.05, 3.63) is 35.0 Å². The molecule has 0 aromatic heterocycles. The van der Waals surface area contributed by atoms with E-state index < -0.39 is 12.0 Å². The quantitative estimate of drug-likeness (QED) is 0.484. The van der Waals surface area contributed by atoms with Gasteiger partial charge in [-0.3, -0.25) is 9.80 Å². The molecule has 0 radical (unpaired) electrons. The third-order valence-corrected chi connectivity index (χ3v) is 6.66. The number of amides is 4. The number of nitrogens with one attached hydrogen (secondary N) is 2. The highest BCUT2D eigenvalue weighted by Gasteiger charge is 2.39. The van der Waals surface area contributed by atoms with Gasteiger partial charge in [0, 0.05) is 51.0 Å². The Morgan fingerprint density at radius 3 is 2.43 bits per heavy atom. The van der Waals surface area contributed by atoms with Crippen LogP contribution in [0.3, 0.4) is 0 Å². The lowest BCUT2D eigenvalue weighted by atomic mass is 9.93. The molecule has 2 unspecified atom stereocenters. The number of carbonyl (C=O) groups is 3. The van der Waals surface area contributed by atoms with Crippen molar-refractivity contribution >= 4 is 18.0 Å². The van der Waals surface area contributed by atoms with Crippen molar-refractivity contribution in [1.82, 2.24) is 25.3 Å². The van der Waals surface area contributed by atoms with Gasteiger partial charge in [-0.25, -0.2) is 14.4 Å². The Bertz CT molecular complexity index is 1030. The average molecular weight is 518 g/mol. The number of nitrogens with zero attached hydrogens (tertiary/aromatic N) is 3. The smallest absolute Gasteiger partial charge is 0.338 e. The van der Waals surface area contributed by atoms with Gasteiger partial charge in [0.1, 0.15) is 0 Å². The second-order valence-electron chi connectivity index (χ2n) is 8.94. The van der Waals surface area contributed by atoms with Crippen LogP contribution in [-0.4, -0.2) is 98.9 Å². The molecule has 3 rings (SSSR count). The van der Waals surface area contributed by atoms with E-state index in [-0.39, 0.29) is 24.7 Å². The van der Waals surface area contributed by atoms with E-state index in [1.54, 1.807) is 37.1 Å². The molecule has 2 aliphatic heterocycles. The first-order valence-corrected chi connectivity index (χ1v) is 12.8. The van der Waals surface area contributed by atoms with Gasteiger partial charge in [0.2, 0.25) is 0 Å². The van der Waals surface area contributed by atoms with Gasteiger partial charge in [0.25, 0.3) is 0 Å². The Morgan fingerprint density at radius 2 is 1.84 bits per heavy atom. The molecule has 0 bridgehead atoms. The number of ether oxygens (including phenoxy) is 3. The number of rotatable bonds is 9. The lowest BCUT2D eigenvalue weighted by molar-refractivity contribution is -0.139. The number of urea groups is 2. The number of benzene rings is 1. The average Bonchev–Trinajstić information content (AvgIpc) is 2.88. The number of hydrogen-bond donors (Lipinski definition) is 2. The fourth-order valence-corrected chi connectivity index (χ4v) is 4.88. The van der Waals surface area contributed by atoms with Crippen molar-refractivity contribution < 1.29 is 28.6 Å². The van der Waals surface area contributed by atoms with Gasteiger partial charge in [-0.2, -0.15) is 0 Å². The fourth-order valence-electron chi connectivity index (χ4n) is 4.88. The van der Waals surface area contributed by atoms with E-state index in [4.69, 9.17) is 14.2 Å². The Hall–Kier alpha value is -3.47. The molecule has 2 heterocycles. The zero-order valence-electron chi connectivity index (χ0n) is 22.6. The monoisotopic (exact) mass is 517 g/mol. The predicted octanol–water partition coefficient (Wildman–Crippen LogP) is 2.34. The molecule has 4 amide bonds. The molecule has 0 aliphatic carbocycles. The maximum absolute atomic E-state index is 13.4. The predicted molar refractivity (Wildman–Crippen MR) is 139 cm³/mol. The van der Waals surface area contributed by atoms with Gasteiger partial charge in [-0.15, -0.1) is 0 Å². The van der Waals surface area contributed by atoms with E-state index in [0.29, 0.717) is 67.6 Å². The van der Waals surface area contributed by atoms with E-state index in [9.17, 15) is 14.4 Å². The topological polar surface area (TPSA) is 113 Å². The van der Waals surface area contributed by atoms with Crippen molar-refractivity contribution in [3.63, 3.8) is 0 Å². The van der Waals surface area contributed by atoms with Crippen LogP contribution in [0.15, 0.2) is 29.5 Å². The summed E-state index contributed by atoms with van der Waals surface area (Å²) in [5.74, 6) is 0.557. The van der Waals surface area contributed by atoms with Crippen LogP contribution < -0.4 is 20.1 Å². The molecule has 11 heteroatoms.